The zero-order valence-electron chi connectivity index (χ0n) is 9.13. The fourth-order valence-corrected chi connectivity index (χ4v) is 1.85. The average Bonchev–Trinajstić information content (AvgIpc) is 2.25. The molecule has 0 atom stereocenters. The molecule has 0 unspecified atom stereocenters. The molecule has 0 bridgehead atoms. The molecule has 14 heavy (non-hydrogen) atoms. The average molecular weight is 197 g/mol. The molecule has 82 valence electrons. The summed E-state index contributed by atoms with van der Waals surface area (Å²) in [6.07, 6.45) is 8.06. The molecule has 0 saturated carbocycles. The smallest absolute Gasteiger partial charge is 0.0468 e. The van der Waals surface area contributed by atoms with Crippen molar-refractivity contribution in [3.05, 3.63) is 12.7 Å². The normalized spacial score (nSPS) is 18.3. The monoisotopic (exact) mass is 197 g/mol. The van der Waals surface area contributed by atoms with Crippen LogP contribution in [0.4, 0.5) is 0 Å². The van der Waals surface area contributed by atoms with Gasteiger partial charge in [-0.05, 0) is 51.1 Å². The highest BCUT2D eigenvalue weighted by molar-refractivity contribution is 4.68. The molecule has 0 radical (unpaired) electrons. The highest BCUT2D eigenvalue weighted by Crippen LogP contribution is 2.15. The van der Waals surface area contributed by atoms with Crippen LogP contribution in [0.2, 0.25) is 0 Å². The molecule has 0 aliphatic carbocycles. The highest BCUT2D eigenvalue weighted by atomic mass is 16.5. The van der Waals surface area contributed by atoms with Crippen LogP contribution >= 0.6 is 0 Å². The second-order valence-corrected chi connectivity index (χ2v) is 4.03. The Morgan fingerprint density at radius 2 is 2.07 bits per heavy atom. The summed E-state index contributed by atoms with van der Waals surface area (Å²) >= 11 is 0. The van der Waals surface area contributed by atoms with E-state index in [9.17, 15) is 0 Å². The summed E-state index contributed by atoms with van der Waals surface area (Å²) < 4.78 is 5.57. The Kier molecular flexibility index (Phi) is 6.71. The minimum absolute atomic E-state index is 0.899. The number of unbranched alkanes of at least 4 members (excludes halogenated alkanes) is 1. The number of allylic oxidation sites excluding steroid dienone is 1. The zero-order valence-corrected chi connectivity index (χ0v) is 9.13. The Bertz CT molecular complexity index is 141. The highest BCUT2D eigenvalue weighted by Gasteiger charge is 2.11. The molecule has 1 heterocycles. The topological polar surface area (TPSA) is 21.3 Å². The summed E-state index contributed by atoms with van der Waals surface area (Å²) in [5, 5.41) is 3.38. The zero-order chi connectivity index (χ0) is 10.1. The first kappa shape index (κ1) is 11.7. The van der Waals surface area contributed by atoms with Gasteiger partial charge >= 0.3 is 0 Å². The van der Waals surface area contributed by atoms with E-state index in [1.807, 2.05) is 6.08 Å². The van der Waals surface area contributed by atoms with Crippen LogP contribution in [-0.4, -0.2) is 26.3 Å². The van der Waals surface area contributed by atoms with E-state index in [1.165, 1.54) is 32.4 Å². The lowest BCUT2D eigenvalue weighted by molar-refractivity contribution is 0.113. The first-order chi connectivity index (χ1) is 6.93. The molecular weight excluding hydrogens is 174 g/mol. The SMILES string of the molecule is C=CCCCOCCC1CCNCC1. The summed E-state index contributed by atoms with van der Waals surface area (Å²) in [6.45, 7) is 7.93. The van der Waals surface area contributed by atoms with E-state index < -0.39 is 0 Å². The largest absolute Gasteiger partial charge is 0.381 e. The van der Waals surface area contributed by atoms with Crippen LogP contribution in [-0.2, 0) is 4.74 Å². The third kappa shape index (κ3) is 5.40. The van der Waals surface area contributed by atoms with E-state index >= 15 is 0 Å². The minimum Gasteiger partial charge on any atom is -0.381 e. The molecule has 1 N–H and O–H groups in total. The van der Waals surface area contributed by atoms with Crippen LogP contribution in [0.5, 0.6) is 0 Å². The Morgan fingerprint density at radius 1 is 1.29 bits per heavy atom. The van der Waals surface area contributed by atoms with Crippen molar-refractivity contribution in [3.63, 3.8) is 0 Å². The second-order valence-electron chi connectivity index (χ2n) is 4.03. The lowest BCUT2D eigenvalue weighted by Gasteiger charge is -2.22. The van der Waals surface area contributed by atoms with Crippen molar-refractivity contribution in [2.45, 2.75) is 32.1 Å². The van der Waals surface area contributed by atoms with Crippen LogP contribution in [0.3, 0.4) is 0 Å². The standard InChI is InChI=1S/C12H23NO/c1-2-3-4-10-14-11-7-12-5-8-13-9-6-12/h2,12-13H,1,3-11H2. The molecule has 1 saturated heterocycles. The number of ether oxygens (including phenoxy) is 1. The molecule has 1 aliphatic heterocycles. The Balaban J connectivity index is 1.85. The lowest BCUT2D eigenvalue weighted by atomic mass is 9.95. The third-order valence-corrected chi connectivity index (χ3v) is 2.83. The van der Waals surface area contributed by atoms with E-state index in [-0.39, 0.29) is 0 Å². The summed E-state index contributed by atoms with van der Waals surface area (Å²) in [5.74, 6) is 0.899. The van der Waals surface area contributed by atoms with Gasteiger partial charge in [0.05, 0.1) is 0 Å². The fraction of sp³-hybridized carbons (Fsp3) is 0.833. The Hall–Kier alpha value is -0.340. The number of piperidine rings is 1. The van der Waals surface area contributed by atoms with Crippen molar-refractivity contribution < 1.29 is 4.74 Å². The number of hydrogen-bond acceptors (Lipinski definition) is 2. The molecular formula is C12H23NO. The van der Waals surface area contributed by atoms with Gasteiger partial charge in [-0.1, -0.05) is 6.08 Å². The van der Waals surface area contributed by atoms with Crippen LogP contribution in [0.25, 0.3) is 0 Å². The molecule has 0 aromatic heterocycles. The van der Waals surface area contributed by atoms with E-state index in [2.05, 4.69) is 11.9 Å². The maximum atomic E-state index is 5.57. The van der Waals surface area contributed by atoms with E-state index in [1.54, 1.807) is 0 Å². The van der Waals surface area contributed by atoms with Gasteiger partial charge in [-0.25, -0.2) is 0 Å². The van der Waals surface area contributed by atoms with Crippen molar-refractivity contribution in [2.24, 2.45) is 5.92 Å². The molecule has 2 nitrogen and oxygen atoms in total. The quantitative estimate of drug-likeness (QED) is 0.500. The van der Waals surface area contributed by atoms with Gasteiger partial charge in [-0.3, -0.25) is 0 Å². The van der Waals surface area contributed by atoms with Crippen LogP contribution in [0, 0.1) is 5.92 Å². The lowest BCUT2D eigenvalue weighted by Crippen LogP contribution is -2.28. The second kappa shape index (κ2) is 8.01. The van der Waals surface area contributed by atoms with Gasteiger partial charge in [0.1, 0.15) is 0 Å². The van der Waals surface area contributed by atoms with Gasteiger partial charge in [-0.15, -0.1) is 6.58 Å². The summed E-state index contributed by atoms with van der Waals surface area (Å²) in [7, 11) is 0. The van der Waals surface area contributed by atoms with E-state index in [0.29, 0.717) is 0 Å². The molecule has 0 aromatic carbocycles. The summed E-state index contributed by atoms with van der Waals surface area (Å²) in [4.78, 5) is 0. The number of nitrogens with one attached hydrogen (secondary N) is 1. The van der Waals surface area contributed by atoms with Crippen molar-refractivity contribution in [3.8, 4) is 0 Å². The molecule has 0 aromatic rings. The van der Waals surface area contributed by atoms with Gasteiger partial charge < -0.3 is 10.1 Å². The van der Waals surface area contributed by atoms with Crippen molar-refractivity contribution >= 4 is 0 Å². The van der Waals surface area contributed by atoms with Gasteiger partial charge in [0, 0.05) is 13.2 Å². The maximum Gasteiger partial charge on any atom is 0.0468 e. The first-order valence-corrected chi connectivity index (χ1v) is 5.83. The fourth-order valence-electron chi connectivity index (χ4n) is 1.85. The Labute approximate surface area is 87.7 Å². The molecule has 1 aliphatic rings. The van der Waals surface area contributed by atoms with Gasteiger partial charge in [0.25, 0.3) is 0 Å². The van der Waals surface area contributed by atoms with E-state index in [0.717, 1.165) is 32.0 Å². The van der Waals surface area contributed by atoms with Crippen molar-refractivity contribution in [1.82, 2.24) is 5.32 Å². The van der Waals surface area contributed by atoms with Crippen LogP contribution in [0.15, 0.2) is 12.7 Å². The molecule has 0 spiro atoms. The van der Waals surface area contributed by atoms with Gasteiger partial charge in [0.15, 0.2) is 0 Å². The van der Waals surface area contributed by atoms with Gasteiger partial charge in [-0.2, -0.15) is 0 Å². The molecule has 1 rings (SSSR count). The third-order valence-electron chi connectivity index (χ3n) is 2.83. The number of rotatable bonds is 7. The van der Waals surface area contributed by atoms with E-state index in [4.69, 9.17) is 4.74 Å². The molecule has 1 fully saturated rings. The predicted molar refractivity (Wildman–Crippen MR) is 60.5 cm³/mol. The molecule has 0 amide bonds. The Morgan fingerprint density at radius 3 is 2.79 bits per heavy atom. The van der Waals surface area contributed by atoms with Crippen LogP contribution in [0.1, 0.15) is 32.1 Å². The predicted octanol–water partition coefficient (Wildman–Crippen LogP) is 2.36. The summed E-state index contributed by atoms with van der Waals surface area (Å²) in [6, 6.07) is 0. The van der Waals surface area contributed by atoms with Crippen molar-refractivity contribution in [1.29, 1.82) is 0 Å². The molecule has 2 heteroatoms. The first-order valence-electron chi connectivity index (χ1n) is 5.83. The van der Waals surface area contributed by atoms with Crippen LogP contribution < -0.4 is 5.32 Å². The summed E-state index contributed by atoms with van der Waals surface area (Å²) in [5.41, 5.74) is 0. The van der Waals surface area contributed by atoms with Gasteiger partial charge in [0.2, 0.25) is 0 Å². The number of hydrogen-bond donors (Lipinski definition) is 1. The van der Waals surface area contributed by atoms with Crippen molar-refractivity contribution in [2.75, 3.05) is 26.3 Å². The maximum absolute atomic E-state index is 5.57. The minimum atomic E-state index is 0.899.